The minimum absolute atomic E-state index is 0.0594. The van der Waals surface area contributed by atoms with Crippen molar-refractivity contribution in [3.8, 4) is 5.75 Å². The number of imide groups is 1. The van der Waals surface area contributed by atoms with E-state index in [4.69, 9.17) is 27.9 Å². The third kappa shape index (κ3) is 5.09. The fourth-order valence-electron chi connectivity index (χ4n) is 3.15. The van der Waals surface area contributed by atoms with Crippen LogP contribution in [0, 0.1) is 17.0 Å². The first-order valence-corrected chi connectivity index (χ1v) is 11.3. The predicted molar refractivity (Wildman–Crippen MR) is 127 cm³/mol. The van der Waals surface area contributed by atoms with E-state index in [0.29, 0.717) is 0 Å². The number of nitro groups is 1. The largest absolute Gasteiger partial charge is 0.491 e. The second-order valence-corrected chi connectivity index (χ2v) is 9.21. The summed E-state index contributed by atoms with van der Waals surface area (Å²) in [6.45, 7) is 6.27. The number of hydrogen-bond acceptors (Lipinski definition) is 6. The Morgan fingerprint density at radius 3 is 2.59 bits per heavy atom. The van der Waals surface area contributed by atoms with Crippen LogP contribution in [-0.4, -0.2) is 34.1 Å². The fourth-order valence-corrected chi connectivity index (χ4v) is 4.54. The van der Waals surface area contributed by atoms with E-state index in [-0.39, 0.29) is 45.3 Å². The molecule has 0 aliphatic carbocycles. The zero-order chi connectivity index (χ0) is 23.6. The highest BCUT2D eigenvalue weighted by Crippen LogP contribution is 2.38. The lowest BCUT2D eigenvalue weighted by atomic mass is 10.0. The maximum atomic E-state index is 12.8. The third-order valence-electron chi connectivity index (χ3n) is 4.82. The van der Waals surface area contributed by atoms with E-state index in [1.807, 2.05) is 25.1 Å². The number of carbonyl (C=O) groups is 2. The molecule has 2 amide bonds. The van der Waals surface area contributed by atoms with Crippen LogP contribution >= 0.6 is 35.0 Å². The number of hydrogen-bond donors (Lipinski definition) is 0. The Morgan fingerprint density at radius 1 is 1.22 bits per heavy atom. The SMILES string of the molecule is Cc1ccc(C(C)C)c(OCCN2C(=O)S/C(=C\c3c(Cl)ccc([N+](=O)[O-])c3Cl)C2=O)c1. The highest BCUT2D eigenvalue weighted by atomic mass is 35.5. The fraction of sp³-hybridized carbons (Fsp3) is 0.273. The topological polar surface area (TPSA) is 89.8 Å². The van der Waals surface area contributed by atoms with E-state index in [9.17, 15) is 19.7 Å². The maximum absolute atomic E-state index is 12.8. The normalized spacial score (nSPS) is 15.2. The predicted octanol–water partition coefficient (Wildman–Crippen LogP) is 6.45. The number of amides is 2. The molecule has 0 saturated carbocycles. The molecule has 0 spiro atoms. The lowest BCUT2D eigenvalue weighted by Crippen LogP contribution is -2.32. The highest BCUT2D eigenvalue weighted by Gasteiger charge is 2.35. The summed E-state index contributed by atoms with van der Waals surface area (Å²) in [6, 6.07) is 8.44. The van der Waals surface area contributed by atoms with Crippen LogP contribution in [0.15, 0.2) is 35.2 Å². The maximum Gasteiger partial charge on any atom is 0.293 e. The molecule has 0 N–H and O–H groups in total. The smallest absolute Gasteiger partial charge is 0.293 e. The van der Waals surface area contributed by atoms with Crippen LogP contribution in [0.3, 0.4) is 0 Å². The highest BCUT2D eigenvalue weighted by molar-refractivity contribution is 8.18. The van der Waals surface area contributed by atoms with Crippen molar-refractivity contribution in [2.75, 3.05) is 13.2 Å². The zero-order valence-electron chi connectivity index (χ0n) is 17.6. The molecular formula is C22H20Cl2N2O5S. The van der Waals surface area contributed by atoms with Crippen molar-refractivity contribution in [3.63, 3.8) is 0 Å². The van der Waals surface area contributed by atoms with Crippen molar-refractivity contribution in [1.29, 1.82) is 0 Å². The molecule has 1 heterocycles. The van der Waals surface area contributed by atoms with Gasteiger partial charge in [-0.05, 0) is 53.9 Å². The lowest BCUT2D eigenvalue weighted by molar-refractivity contribution is -0.384. The summed E-state index contributed by atoms with van der Waals surface area (Å²) in [5.41, 5.74) is 1.86. The van der Waals surface area contributed by atoms with Gasteiger partial charge in [-0.3, -0.25) is 24.6 Å². The summed E-state index contributed by atoms with van der Waals surface area (Å²) in [5, 5.41) is 10.6. The summed E-state index contributed by atoms with van der Waals surface area (Å²) in [4.78, 5) is 36.8. The van der Waals surface area contributed by atoms with Gasteiger partial charge in [0, 0.05) is 16.7 Å². The number of aryl methyl sites for hydroxylation is 1. The van der Waals surface area contributed by atoms with Crippen LogP contribution in [-0.2, 0) is 4.79 Å². The number of halogens is 2. The molecule has 1 aliphatic rings. The molecule has 32 heavy (non-hydrogen) atoms. The number of thioether (sulfide) groups is 1. The molecule has 10 heteroatoms. The van der Waals surface area contributed by atoms with Crippen molar-refractivity contribution >= 4 is 57.9 Å². The van der Waals surface area contributed by atoms with Gasteiger partial charge in [0.2, 0.25) is 0 Å². The average molecular weight is 495 g/mol. The summed E-state index contributed by atoms with van der Waals surface area (Å²) >= 11 is 12.9. The van der Waals surface area contributed by atoms with Crippen LogP contribution in [0.2, 0.25) is 10.0 Å². The summed E-state index contributed by atoms with van der Waals surface area (Å²) in [6.07, 6.45) is 1.31. The van der Waals surface area contributed by atoms with Crippen LogP contribution < -0.4 is 4.74 Å². The van der Waals surface area contributed by atoms with Gasteiger partial charge in [-0.25, -0.2) is 0 Å². The molecule has 1 aliphatic heterocycles. The van der Waals surface area contributed by atoms with Crippen LogP contribution in [0.1, 0.15) is 36.5 Å². The van der Waals surface area contributed by atoms with Gasteiger partial charge in [-0.1, -0.05) is 49.2 Å². The molecule has 0 bridgehead atoms. The summed E-state index contributed by atoms with van der Waals surface area (Å²) < 4.78 is 5.88. The van der Waals surface area contributed by atoms with Gasteiger partial charge >= 0.3 is 0 Å². The number of rotatable bonds is 7. The standard InChI is InChI=1S/C22H20Cl2N2O5S/c1-12(2)14-5-4-13(3)10-18(14)31-9-8-25-21(27)19(32-22(25)28)11-15-16(23)6-7-17(20(15)24)26(29)30/h4-7,10-12H,8-9H2,1-3H3/b19-11-. The third-order valence-corrected chi connectivity index (χ3v) is 6.45. The van der Waals surface area contributed by atoms with Gasteiger partial charge in [0.25, 0.3) is 16.8 Å². The quantitative estimate of drug-likeness (QED) is 0.249. The van der Waals surface area contributed by atoms with Crippen LogP contribution in [0.25, 0.3) is 6.08 Å². The van der Waals surface area contributed by atoms with Crippen LogP contribution in [0.4, 0.5) is 10.5 Å². The molecule has 1 fully saturated rings. The minimum Gasteiger partial charge on any atom is -0.491 e. The van der Waals surface area contributed by atoms with E-state index in [1.165, 1.54) is 18.2 Å². The molecule has 2 aromatic rings. The van der Waals surface area contributed by atoms with Crippen molar-refractivity contribution in [2.24, 2.45) is 0 Å². The van der Waals surface area contributed by atoms with Crippen molar-refractivity contribution in [3.05, 3.63) is 72.1 Å². The molecule has 2 aromatic carbocycles. The summed E-state index contributed by atoms with van der Waals surface area (Å²) in [7, 11) is 0. The Kier molecular flexibility index (Phi) is 7.48. The second-order valence-electron chi connectivity index (χ2n) is 7.43. The van der Waals surface area contributed by atoms with E-state index in [0.717, 1.165) is 33.5 Å². The molecule has 3 rings (SSSR count). The Labute approximate surface area is 199 Å². The summed E-state index contributed by atoms with van der Waals surface area (Å²) in [5.74, 6) is 0.448. The van der Waals surface area contributed by atoms with Crippen molar-refractivity contribution < 1.29 is 19.2 Å². The van der Waals surface area contributed by atoms with Gasteiger partial charge in [0.05, 0.1) is 16.4 Å². The Hall–Kier alpha value is -2.55. The molecule has 0 radical (unpaired) electrons. The Morgan fingerprint density at radius 2 is 1.94 bits per heavy atom. The van der Waals surface area contributed by atoms with Crippen molar-refractivity contribution in [2.45, 2.75) is 26.7 Å². The Balaban J connectivity index is 1.76. The monoisotopic (exact) mass is 494 g/mol. The molecule has 0 aromatic heterocycles. The van der Waals surface area contributed by atoms with Gasteiger partial charge in [0.15, 0.2) is 0 Å². The molecule has 0 atom stereocenters. The average Bonchev–Trinajstić information content (AvgIpc) is 2.98. The number of ether oxygens (including phenoxy) is 1. The van der Waals surface area contributed by atoms with Crippen LogP contribution in [0.5, 0.6) is 5.75 Å². The minimum atomic E-state index is -0.643. The lowest BCUT2D eigenvalue weighted by Gasteiger charge is -2.17. The molecule has 1 saturated heterocycles. The number of carbonyl (C=O) groups excluding carboxylic acids is 2. The molecule has 0 unspecified atom stereocenters. The van der Waals surface area contributed by atoms with Gasteiger partial charge < -0.3 is 4.74 Å². The van der Waals surface area contributed by atoms with E-state index in [1.54, 1.807) is 0 Å². The number of nitrogens with zero attached hydrogens (tertiary/aromatic N) is 2. The Bertz CT molecular complexity index is 1130. The van der Waals surface area contributed by atoms with Crippen molar-refractivity contribution in [1.82, 2.24) is 4.90 Å². The second kappa shape index (κ2) is 9.94. The van der Waals surface area contributed by atoms with E-state index < -0.39 is 16.1 Å². The molecular weight excluding hydrogens is 475 g/mol. The van der Waals surface area contributed by atoms with Gasteiger partial charge in [-0.2, -0.15) is 0 Å². The molecule has 7 nitrogen and oxygen atoms in total. The molecule has 168 valence electrons. The first-order chi connectivity index (χ1) is 15.1. The number of benzene rings is 2. The van der Waals surface area contributed by atoms with Gasteiger partial charge in [0.1, 0.15) is 17.4 Å². The first kappa shape index (κ1) is 24.1. The van der Waals surface area contributed by atoms with Gasteiger partial charge in [-0.15, -0.1) is 0 Å². The van der Waals surface area contributed by atoms with E-state index >= 15 is 0 Å². The number of nitro benzene ring substituents is 1. The zero-order valence-corrected chi connectivity index (χ0v) is 19.9. The first-order valence-electron chi connectivity index (χ1n) is 9.71. The van der Waals surface area contributed by atoms with E-state index in [2.05, 4.69) is 13.8 Å².